The molecule has 0 bridgehead atoms. The molecule has 2 rings (SSSR count). The molecule has 0 radical (unpaired) electrons. The number of sulfone groups is 1. The van der Waals surface area contributed by atoms with Gasteiger partial charge < -0.3 is 9.57 Å². The van der Waals surface area contributed by atoms with Crippen molar-refractivity contribution >= 4 is 9.84 Å². The smallest absolute Gasteiger partial charge is 0.171 e. The minimum atomic E-state index is -2.95. The molecule has 0 atom stereocenters. The summed E-state index contributed by atoms with van der Waals surface area (Å²) in [5, 5.41) is 0. The zero-order chi connectivity index (χ0) is 14.8. The van der Waals surface area contributed by atoms with Gasteiger partial charge in [0.2, 0.25) is 0 Å². The van der Waals surface area contributed by atoms with Gasteiger partial charge in [-0.3, -0.25) is 0 Å². The first-order valence-corrected chi connectivity index (χ1v) is 9.72. The van der Waals surface area contributed by atoms with Crippen molar-refractivity contribution in [3.8, 4) is 0 Å². The van der Waals surface area contributed by atoms with Crippen LogP contribution in [-0.4, -0.2) is 32.8 Å². The van der Waals surface area contributed by atoms with Gasteiger partial charge in [-0.2, -0.15) is 0 Å². The Balaban J connectivity index is 0.000000390. The summed E-state index contributed by atoms with van der Waals surface area (Å²) in [7, 11) is -2.95. The summed E-state index contributed by atoms with van der Waals surface area (Å²) in [6.07, 6.45) is 13.7. The fourth-order valence-corrected chi connectivity index (χ4v) is 3.09. The highest BCUT2D eigenvalue weighted by Gasteiger charge is 2.15. The SMILES string of the molecule is C.CS(=O)(=O)COC1CCCCC1.NOC1CCCCC1. The fourth-order valence-electron chi connectivity index (χ4n) is 2.65. The van der Waals surface area contributed by atoms with Crippen molar-refractivity contribution < 1.29 is 18.0 Å². The van der Waals surface area contributed by atoms with Crippen LogP contribution < -0.4 is 5.90 Å². The molecule has 0 aromatic heterocycles. The van der Waals surface area contributed by atoms with Crippen molar-refractivity contribution in [3.05, 3.63) is 0 Å². The van der Waals surface area contributed by atoms with E-state index in [1.165, 1.54) is 44.8 Å². The van der Waals surface area contributed by atoms with Crippen LogP contribution in [0.4, 0.5) is 0 Å². The fraction of sp³-hybridized carbons (Fsp3) is 1.00. The van der Waals surface area contributed by atoms with Crippen molar-refractivity contribution in [2.24, 2.45) is 5.90 Å². The van der Waals surface area contributed by atoms with Gasteiger partial charge in [0.05, 0.1) is 12.2 Å². The lowest BCUT2D eigenvalue weighted by molar-refractivity contribution is 0.0279. The second-order valence-electron chi connectivity index (χ2n) is 5.87. The molecule has 5 nitrogen and oxygen atoms in total. The number of ether oxygens (including phenoxy) is 1. The van der Waals surface area contributed by atoms with Crippen molar-refractivity contribution in [1.82, 2.24) is 0 Å². The van der Waals surface area contributed by atoms with Crippen LogP contribution in [0.3, 0.4) is 0 Å². The Hall–Kier alpha value is -0.170. The van der Waals surface area contributed by atoms with E-state index in [-0.39, 0.29) is 19.5 Å². The second kappa shape index (κ2) is 11.4. The molecule has 0 aliphatic heterocycles. The van der Waals surface area contributed by atoms with Crippen LogP contribution in [0.15, 0.2) is 0 Å². The Morgan fingerprint density at radius 2 is 1.33 bits per heavy atom. The maximum atomic E-state index is 10.7. The summed E-state index contributed by atoms with van der Waals surface area (Å²) in [4.78, 5) is 4.69. The highest BCUT2D eigenvalue weighted by molar-refractivity contribution is 7.90. The maximum absolute atomic E-state index is 10.7. The predicted molar refractivity (Wildman–Crippen MR) is 86.5 cm³/mol. The summed E-state index contributed by atoms with van der Waals surface area (Å²) in [6.45, 7) is 0. The van der Waals surface area contributed by atoms with Gasteiger partial charge in [-0.25, -0.2) is 14.3 Å². The van der Waals surface area contributed by atoms with E-state index in [1.54, 1.807) is 0 Å². The molecule has 2 N–H and O–H groups in total. The van der Waals surface area contributed by atoms with Gasteiger partial charge in [0.25, 0.3) is 0 Å². The molecule has 2 saturated carbocycles. The van der Waals surface area contributed by atoms with E-state index >= 15 is 0 Å². The minimum absolute atomic E-state index is 0. The lowest BCUT2D eigenvalue weighted by atomic mass is 9.98. The third-order valence-corrected chi connectivity index (χ3v) is 4.38. The average molecular weight is 323 g/mol. The normalized spacial score (nSPS) is 21.0. The number of hydrogen-bond donors (Lipinski definition) is 1. The first kappa shape index (κ1) is 20.8. The molecule has 0 amide bonds. The van der Waals surface area contributed by atoms with Gasteiger partial charge in [-0.05, 0) is 25.7 Å². The minimum Gasteiger partial charge on any atom is -0.362 e. The maximum Gasteiger partial charge on any atom is 0.171 e. The topological polar surface area (TPSA) is 78.6 Å². The van der Waals surface area contributed by atoms with Gasteiger partial charge >= 0.3 is 0 Å². The molecule has 21 heavy (non-hydrogen) atoms. The first-order valence-electron chi connectivity index (χ1n) is 7.66. The van der Waals surface area contributed by atoms with E-state index in [0.717, 1.165) is 25.7 Å². The third kappa shape index (κ3) is 11.1. The van der Waals surface area contributed by atoms with Gasteiger partial charge in [0.15, 0.2) is 9.84 Å². The Morgan fingerprint density at radius 3 is 1.67 bits per heavy atom. The molecule has 6 heteroatoms. The number of rotatable bonds is 4. The van der Waals surface area contributed by atoms with E-state index < -0.39 is 9.84 Å². The molecular formula is C15H33NO4S. The number of hydrogen-bond acceptors (Lipinski definition) is 5. The van der Waals surface area contributed by atoms with Gasteiger partial charge in [-0.15, -0.1) is 0 Å². The molecule has 2 fully saturated rings. The molecule has 2 aliphatic rings. The van der Waals surface area contributed by atoms with E-state index in [4.69, 9.17) is 15.5 Å². The predicted octanol–water partition coefficient (Wildman–Crippen LogP) is 3.18. The quantitative estimate of drug-likeness (QED) is 0.804. The number of nitrogens with two attached hydrogens (primary N) is 1. The molecule has 0 unspecified atom stereocenters. The van der Waals surface area contributed by atoms with Crippen molar-refractivity contribution in [1.29, 1.82) is 0 Å². The monoisotopic (exact) mass is 323 g/mol. The van der Waals surface area contributed by atoms with Crippen LogP contribution in [-0.2, 0) is 19.4 Å². The Morgan fingerprint density at radius 1 is 0.905 bits per heavy atom. The molecule has 0 saturated heterocycles. The van der Waals surface area contributed by atoms with E-state index in [0.29, 0.717) is 6.10 Å². The van der Waals surface area contributed by atoms with Crippen LogP contribution in [0.5, 0.6) is 0 Å². The van der Waals surface area contributed by atoms with Crippen molar-refractivity contribution in [2.45, 2.75) is 83.8 Å². The van der Waals surface area contributed by atoms with Crippen LogP contribution in [0.1, 0.15) is 71.6 Å². The van der Waals surface area contributed by atoms with E-state index in [9.17, 15) is 8.42 Å². The highest BCUT2D eigenvalue weighted by Crippen LogP contribution is 2.20. The van der Waals surface area contributed by atoms with Crippen LogP contribution in [0.2, 0.25) is 0 Å². The Bertz CT molecular complexity index is 334. The summed E-state index contributed by atoms with van der Waals surface area (Å²) < 4.78 is 26.8. The van der Waals surface area contributed by atoms with Crippen molar-refractivity contribution in [2.75, 3.05) is 12.2 Å². The van der Waals surface area contributed by atoms with Gasteiger partial charge in [0, 0.05) is 6.26 Å². The highest BCUT2D eigenvalue weighted by atomic mass is 32.2. The molecule has 0 spiro atoms. The zero-order valence-corrected chi connectivity index (χ0v) is 13.4. The van der Waals surface area contributed by atoms with Gasteiger partial charge in [-0.1, -0.05) is 46.0 Å². The van der Waals surface area contributed by atoms with Gasteiger partial charge in [0.1, 0.15) is 5.94 Å². The molecule has 2 aliphatic carbocycles. The Labute approximate surface area is 130 Å². The second-order valence-corrected chi connectivity index (χ2v) is 7.95. The first-order chi connectivity index (χ1) is 9.51. The molecular weight excluding hydrogens is 290 g/mol. The lowest BCUT2D eigenvalue weighted by Crippen LogP contribution is -2.20. The summed E-state index contributed by atoms with van der Waals surface area (Å²) in [5.41, 5.74) is 0. The zero-order valence-electron chi connectivity index (χ0n) is 12.6. The van der Waals surface area contributed by atoms with E-state index in [2.05, 4.69) is 0 Å². The summed E-state index contributed by atoms with van der Waals surface area (Å²) in [6, 6.07) is 0. The average Bonchev–Trinajstić information content (AvgIpc) is 2.47. The lowest BCUT2D eigenvalue weighted by Gasteiger charge is -2.21. The van der Waals surface area contributed by atoms with Crippen LogP contribution >= 0.6 is 0 Å². The third-order valence-electron chi connectivity index (χ3n) is 3.81. The molecule has 0 aromatic rings. The van der Waals surface area contributed by atoms with E-state index in [1.807, 2.05) is 0 Å². The standard InChI is InChI=1S/C8H16O3S.C6H13NO.CH4/c1-12(9,10)7-11-8-5-3-2-4-6-8;7-8-6-4-2-1-3-5-6;/h8H,2-7H2,1H3;6H,1-5,7H2;1H4. The Kier molecular flexibility index (Phi) is 11.3. The summed E-state index contributed by atoms with van der Waals surface area (Å²) >= 11 is 0. The van der Waals surface area contributed by atoms with Crippen LogP contribution in [0.25, 0.3) is 0 Å². The molecule has 0 aromatic carbocycles. The molecule has 128 valence electrons. The summed E-state index contributed by atoms with van der Waals surface area (Å²) in [5.74, 6) is 4.89. The largest absolute Gasteiger partial charge is 0.362 e. The van der Waals surface area contributed by atoms with Crippen molar-refractivity contribution in [3.63, 3.8) is 0 Å². The van der Waals surface area contributed by atoms with Crippen LogP contribution in [0, 0.1) is 0 Å². The molecule has 0 heterocycles.